The molecule has 1 N–H and O–H groups in total. The van der Waals surface area contributed by atoms with Gasteiger partial charge >= 0.3 is 0 Å². The summed E-state index contributed by atoms with van der Waals surface area (Å²) in [5, 5.41) is 3.58. The van der Waals surface area contributed by atoms with Gasteiger partial charge in [-0.3, -0.25) is 14.6 Å². The largest absolute Gasteiger partial charge is 0.495 e. The van der Waals surface area contributed by atoms with Crippen LogP contribution in [-0.4, -0.2) is 55.5 Å². The topological polar surface area (TPSA) is 44.8 Å². The number of hydrogen-bond acceptors (Lipinski definition) is 4. The minimum atomic E-state index is -0.0350. The lowest BCUT2D eigenvalue weighted by atomic mass is 10.1. The maximum absolute atomic E-state index is 12.5. The van der Waals surface area contributed by atoms with Crippen molar-refractivity contribution >= 4 is 23.2 Å². The number of nitrogens with one attached hydrogen (secondary N) is 1. The molecule has 2 aromatic rings. The SMILES string of the molecule is COc1cc(Cl)c(C)cc1NC(=O)CN1CCN(Cc2cccc(C)c2)CC1. The molecule has 0 bridgehead atoms. The number of hydrogen-bond donors (Lipinski definition) is 1. The van der Waals surface area contributed by atoms with Crippen molar-refractivity contribution in [2.24, 2.45) is 0 Å². The minimum absolute atomic E-state index is 0.0350. The fourth-order valence-electron chi connectivity index (χ4n) is 3.50. The summed E-state index contributed by atoms with van der Waals surface area (Å²) in [6.07, 6.45) is 0. The molecule has 0 unspecified atom stereocenters. The molecule has 1 saturated heterocycles. The van der Waals surface area contributed by atoms with Crippen molar-refractivity contribution in [3.05, 3.63) is 58.1 Å². The van der Waals surface area contributed by atoms with Gasteiger partial charge in [0.15, 0.2) is 0 Å². The molecule has 1 amide bonds. The Balaban J connectivity index is 1.49. The Bertz CT molecular complexity index is 833. The maximum Gasteiger partial charge on any atom is 0.238 e. The number of piperazine rings is 1. The number of halogens is 1. The van der Waals surface area contributed by atoms with E-state index in [1.165, 1.54) is 11.1 Å². The second kappa shape index (κ2) is 9.41. The molecule has 3 rings (SSSR count). The van der Waals surface area contributed by atoms with Crippen LogP contribution in [0.25, 0.3) is 0 Å². The monoisotopic (exact) mass is 401 g/mol. The fraction of sp³-hybridized carbons (Fsp3) is 0.409. The van der Waals surface area contributed by atoms with Crippen LogP contribution in [0, 0.1) is 13.8 Å². The number of ether oxygens (including phenoxy) is 1. The summed E-state index contributed by atoms with van der Waals surface area (Å²) in [7, 11) is 1.57. The predicted octanol–water partition coefficient (Wildman–Crippen LogP) is 3.72. The standard InChI is InChI=1S/C22H28ClN3O2/c1-16-5-4-6-18(11-16)14-25-7-9-26(10-8-25)15-22(27)24-20-12-17(2)19(23)13-21(20)28-3/h4-6,11-13H,7-10,14-15H2,1-3H3,(H,24,27). The highest BCUT2D eigenvalue weighted by molar-refractivity contribution is 6.31. The van der Waals surface area contributed by atoms with Crippen LogP contribution in [0.2, 0.25) is 5.02 Å². The maximum atomic E-state index is 12.5. The lowest BCUT2D eigenvalue weighted by molar-refractivity contribution is -0.117. The number of amides is 1. The summed E-state index contributed by atoms with van der Waals surface area (Å²) in [6, 6.07) is 12.2. The Morgan fingerprint density at radius 2 is 1.82 bits per heavy atom. The first-order valence-corrected chi connectivity index (χ1v) is 9.96. The van der Waals surface area contributed by atoms with Gasteiger partial charge in [0.2, 0.25) is 5.91 Å². The van der Waals surface area contributed by atoms with Gasteiger partial charge in [0, 0.05) is 43.8 Å². The number of anilines is 1. The third kappa shape index (κ3) is 5.47. The Morgan fingerprint density at radius 1 is 1.11 bits per heavy atom. The van der Waals surface area contributed by atoms with Crippen molar-refractivity contribution in [3.63, 3.8) is 0 Å². The molecule has 0 aromatic heterocycles. The zero-order valence-electron chi connectivity index (χ0n) is 16.8. The Kier molecular flexibility index (Phi) is 6.94. The van der Waals surface area contributed by atoms with Crippen molar-refractivity contribution in [2.75, 3.05) is 45.2 Å². The Morgan fingerprint density at radius 3 is 2.50 bits per heavy atom. The smallest absolute Gasteiger partial charge is 0.238 e. The van der Waals surface area contributed by atoms with E-state index in [1.54, 1.807) is 13.2 Å². The molecule has 150 valence electrons. The van der Waals surface area contributed by atoms with E-state index in [9.17, 15) is 4.79 Å². The van der Waals surface area contributed by atoms with Crippen molar-refractivity contribution < 1.29 is 9.53 Å². The molecule has 6 heteroatoms. The molecule has 1 heterocycles. The highest BCUT2D eigenvalue weighted by Crippen LogP contribution is 2.30. The van der Waals surface area contributed by atoms with Crippen LogP contribution in [0.5, 0.6) is 5.75 Å². The molecule has 0 aliphatic carbocycles. The zero-order chi connectivity index (χ0) is 20.1. The molecule has 1 aliphatic rings. The van der Waals surface area contributed by atoms with Gasteiger partial charge in [-0.05, 0) is 31.0 Å². The van der Waals surface area contributed by atoms with Crippen LogP contribution in [0.15, 0.2) is 36.4 Å². The second-order valence-electron chi connectivity index (χ2n) is 7.39. The summed E-state index contributed by atoms with van der Waals surface area (Å²) in [5.41, 5.74) is 4.20. The van der Waals surface area contributed by atoms with E-state index >= 15 is 0 Å². The molecular weight excluding hydrogens is 374 g/mol. The predicted molar refractivity (Wildman–Crippen MR) is 114 cm³/mol. The molecular formula is C22H28ClN3O2. The second-order valence-corrected chi connectivity index (χ2v) is 7.80. The van der Waals surface area contributed by atoms with Gasteiger partial charge in [-0.2, -0.15) is 0 Å². The fourth-order valence-corrected chi connectivity index (χ4v) is 3.65. The van der Waals surface area contributed by atoms with Crippen molar-refractivity contribution in [1.29, 1.82) is 0 Å². The van der Waals surface area contributed by atoms with E-state index in [0.717, 1.165) is 38.3 Å². The van der Waals surface area contributed by atoms with Gasteiger partial charge in [0.25, 0.3) is 0 Å². The van der Waals surface area contributed by atoms with Gasteiger partial charge in [-0.25, -0.2) is 0 Å². The number of aryl methyl sites for hydroxylation is 2. The highest BCUT2D eigenvalue weighted by Gasteiger charge is 2.20. The van der Waals surface area contributed by atoms with E-state index in [4.69, 9.17) is 16.3 Å². The van der Waals surface area contributed by atoms with Gasteiger partial charge < -0.3 is 10.1 Å². The number of rotatable bonds is 6. The van der Waals surface area contributed by atoms with Crippen LogP contribution in [0.3, 0.4) is 0 Å². The zero-order valence-corrected chi connectivity index (χ0v) is 17.6. The minimum Gasteiger partial charge on any atom is -0.495 e. The first-order chi connectivity index (χ1) is 13.4. The first kappa shape index (κ1) is 20.6. The normalized spacial score (nSPS) is 15.4. The van der Waals surface area contributed by atoms with Gasteiger partial charge in [0.1, 0.15) is 5.75 Å². The number of carbonyl (C=O) groups is 1. The summed E-state index contributed by atoms with van der Waals surface area (Å²) in [6.45, 7) is 9.06. The summed E-state index contributed by atoms with van der Waals surface area (Å²) < 4.78 is 5.33. The van der Waals surface area contributed by atoms with E-state index in [1.807, 2.05) is 13.0 Å². The molecule has 2 aromatic carbocycles. The van der Waals surface area contributed by atoms with Gasteiger partial charge in [0.05, 0.1) is 19.3 Å². The molecule has 1 aliphatic heterocycles. The summed E-state index contributed by atoms with van der Waals surface area (Å²) in [4.78, 5) is 17.1. The number of methoxy groups -OCH3 is 1. The summed E-state index contributed by atoms with van der Waals surface area (Å²) >= 11 is 6.13. The van der Waals surface area contributed by atoms with Crippen molar-refractivity contribution in [2.45, 2.75) is 20.4 Å². The van der Waals surface area contributed by atoms with Crippen molar-refractivity contribution in [3.8, 4) is 5.75 Å². The molecule has 5 nitrogen and oxygen atoms in total. The Hall–Kier alpha value is -2.08. The first-order valence-electron chi connectivity index (χ1n) is 9.59. The highest BCUT2D eigenvalue weighted by atomic mass is 35.5. The molecule has 28 heavy (non-hydrogen) atoms. The third-order valence-electron chi connectivity index (χ3n) is 5.08. The molecule has 1 fully saturated rings. The average molecular weight is 402 g/mol. The van der Waals surface area contributed by atoms with E-state index < -0.39 is 0 Å². The molecule has 0 radical (unpaired) electrons. The number of benzene rings is 2. The third-order valence-corrected chi connectivity index (χ3v) is 5.48. The quantitative estimate of drug-likeness (QED) is 0.801. The van der Waals surface area contributed by atoms with Gasteiger partial charge in [-0.1, -0.05) is 41.4 Å². The van der Waals surface area contributed by atoms with E-state index in [0.29, 0.717) is 23.0 Å². The lowest BCUT2D eigenvalue weighted by Crippen LogP contribution is -2.48. The van der Waals surface area contributed by atoms with Gasteiger partial charge in [-0.15, -0.1) is 0 Å². The average Bonchev–Trinajstić information content (AvgIpc) is 2.66. The van der Waals surface area contributed by atoms with Crippen molar-refractivity contribution in [1.82, 2.24) is 9.80 Å². The number of nitrogens with zero attached hydrogens (tertiary/aromatic N) is 2. The summed E-state index contributed by atoms with van der Waals surface area (Å²) in [5.74, 6) is 0.541. The molecule has 0 atom stereocenters. The Labute approximate surface area is 172 Å². The van der Waals surface area contributed by atoms with Crippen LogP contribution in [0.1, 0.15) is 16.7 Å². The van der Waals surface area contributed by atoms with Crippen LogP contribution in [0.4, 0.5) is 5.69 Å². The molecule has 0 spiro atoms. The number of carbonyl (C=O) groups excluding carboxylic acids is 1. The van der Waals surface area contributed by atoms with Crippen LogP contribution >= 0.6 is 11.6 Å². The molecule has 0 saturated carbocycles. The van der Waals surface area contributed by atoms with E-state index in [2.05, 4.69) is 46.3 Å². The van der Waals surface area contributed by atoms with Crippen LogP contribution < -0.4 is 10.1 Å². The lowest BCUT2D eigenvalue weighted by Gasteiger charge is -2.34. The van der Waals surface area contributed by atoms with Crippen LogP contribution in [-0.2, 0) is 11.3 Å². The van der Waals surface area contributed by atoms with E-state index in [-0.39, 0.29) is 5.91 Å².